The average Bonchev–Trinajstić information content (AvgIpc) is 2.96. The molecular formula is C18H27FN2O2. The van der Waals surface area contributed by atoms with Crippen LogP contribution in [0.1, 0.15) is 31.4 Å². The van der Waals surface area contributed by atoms with Gasteiger partial charge in [-0.3, -0.25) is 9.69 Å². The molecule has 1 saturated heterocycles. The molecule has 128 valence electrons. The van der Waals surface area contributed by atoms with Gasteiger partial charge in [-0.2, -0.15) is 0 Å². The number of amides is 1. The normalized spacial score (nSPS) is 19.1. The van der Waals surface area contributed by atoms with E-state index < -0.39 is 5.60 Å². The number of hydrogen-bond acceptors (Lipinski definition) is 3. The molecule has 1 heterocycles. The third-order valence-electron chi connectivity index (χ3n) is 4.61. The Morgan fingerprint density at radius 1 is 1.48 bits per heavy atom. The number of rotatable bonds is 6. The monoisotopic (exact) mass is 322 g/mol. The molecule has 1 unspecified atom stereocenters. The van der Waals surface area contributed by atoms with Gasteiger partial charge in [-0.1, -0.05) is 12.1 Å². The van der Waals surface area contributed by atoms with Crippen molar-refractivity contribution in [2.75, 3.05) is 26.7 Å². The molecule has 0 saturated carbocycles. The van der Waals surface area contributed by atoms with Gasteiger partial charge in [-0.15, -0.1) is 0 Å². The quantitative estimate of drug-likeness (QED) is 0.875. The minimum atomic E-state index is -0.788. The molecule has 5 heteroatoms. The predicted octanol–water partition coefficient (Wildman–Crippen LogP) is 2.50. The lowest BCUT2D eigenvalue weighted by Gasteiger charge is -2.23. The summed E-state index contributed by atoms with van der Waals surface area (Å²) >= 11 is 0. The summed E-state index contributed by atoms with van der Waals surface area (Å²) in [4.78, 5) is 14.4. The van der Waals surface area contributed by atoms with Crippen LogP contribution >= 0.6 is 0 Å². The standard InChI is InChI=1S/C18H27FN2O2/c1-13-9-14(5-6-16(13)19)11-21-8-7-15(12-21)10-20-17(22)18(2,3)23-4/h5-6,9,15H,7-8,10-12H2,1-4H3,(H,20,22). The number of halogens is 1. The Hall–Kier alpha value is -1.46. The van der Waals surface area contributed by atoms with Gasteiger partial charge < -0.3 is 10.1 Å². The Kier molecular flexibility index (Phi) is 5.76. The number of aryl methyl sites for hydroxylation is 1. The van der Waals surface area contributed by atoms with Gasteiger partial charge in [0.2, 0.25) is 0 Å². The zero-order valence-corrected chi connectivity index (χ0v) is 14.5. The van der Waals surface area contributed by atoms with Crippen LogP contribution in [0.3, 0.4) is 0 Å². The van der Waals surface area contributed by atoms with Crippen molar-refractivity contribution in [1.29, 1.82) is 0 Å². The lowest BCUT2D eigenvalue weighted by atomic mass is 10.1. The van der Waals surface area contributed by atoms with E-state index in [0.717, 1.165) is 31.6 Å². The highest BCUT2D eigenvalue weighted by molar-refractivity contribution is 5.84. The van der Waals surface area contributed by atoms with Crippen LogP contribution in [0.5, 0.6) is 0 Å². The Bertz CT molecular complexity index is 560. The molecule has 1 aliphatic rings. The zero-order chi connectivity index (χ0) is 17.0. The van der Waals surface area contributed by atoms with Crippen LogP contribution in [0.25, 0.3) is 0 Å². The van der Waals surface area contributed by atoms with E-state index >= 15 is 0 Å². The first kappa shape index (κ1) is 17.9. The van der Waals surface area contributed by atoms with Gasteiger partial charge in [-0.05, 0) is 56.8 Å². The Labute approximate surface area is 138 Å². The fraction of sp³-hybridized carbons (Fsp3) is 0.611. The van der Waals surface area contributed by atoms with Gasteiger partial charge in [0, 0.05) is 26.7 Å². The summed E-state index contributed by atoms with van der Waals surface area (Å²) in [6.07, 6.45) is 1.06. The fourth-order valence-electron chi connectivity index (χ4n) is 2.83. The van der Waals surface area contributed by atoms with Crippen molar-refractivity contribution in [2.45, 2.75) is 39.3 Å². The highest BCUT2D eigenvalue weighted by atomic mass is 19.1. The number of methoxy groups -OCH3 is 1. The number of nitrogens with zero attached hydrogens (tertiary/aromatic N) is 1. The number of carbonyl (C=O) groups is 1. The maximum atomic E-state index is 13.3. The summed E-state index contributed by atoms with van der Waals surface area (Å²) in [6, 6.07) is 5.29. The highest BCUT2D eigenvalue weighted by Crippen LogP contribution is 2.19. The minimum Gasteiger partial charge on any atom is -0.369 e. The number of nitrogens with one attached hydrogen (secondary N) is 1. The second kappa shape index (κ2) is 7.41. The first-order valence-corrected chi connectivity index (χ1v) is 8.12. The average molecular weight is 322 g/mol. The van der Waals surface area contributed by atoms with Gasteiger partial charge in [0.05, 0.1) is 0 Å². The summed E-state index contributed by atoms with van der Waals surface area (Å²) in [6.45, 7) is 8.77. The number of ether oxygens (including phenoxy) is 1. The summed E-state index contributed by atoms with van der Waals surface area (Å²) < 4.78 is 18.5. The third-order valence-corrected chi connectivity index (χ3v) is 4.61. The molecule has 1 amide bonds. The molecule has 0 aliphatic carbocycles. The zero-order valence-electron chi connectivity index (χ0n) is 14.5. The first-order valence-electron chi connectivity index (χ1n) is 8.12. The maximum Gasteiger partial charge on any atom is 0.251 e. The van der Waals surface area contributed by atoms with E-state index in [1.165, 1.54) is 6.07 Å². The molecule has 1 aliphatic heterocycles. The number of benzene rings is 1. The minimum absolute atomic E-state index is 0.0763. The van der Waals surface area contributed by atoms with E-state index in [1.807, 2.05) is 12.1 Å². The van der Waals surface area contributed by atoms with Gasteiger partial charge in [0.15, 0.2) is 0 Å². The molecule has 4 nitrogen and oxygen atoms in total. The van der Waals surface area contributed by atoms with Crippen molar-refractivity contribution in [3.63, 3.8) is 0 Å². The van der Waals surface area contributed by atoms with Gasteiger partial charge in [-0.25, -0.2) is 4.39 Å². The summed E-state index contributed by atoms with van der Waals surface area (Å²) in [5.41, 5.74) is 1.03. The Balaban J connectivity index is 1.80. The molecule has 2 rings (SSSR count). The largest absolute Gasteiger partial charge is 0.369 e. The van der Waals surface area contributed by atoms with E-state index in [2.05, 4.69) is 10.2 Å². The van der Waals surface area contributed by atoms with E-state index in [0.29, 0.717) is 18.0 Å². The van der Waals surface area contributed by atoms with E-state index in [1.54, 1.807) is 27.9 Å². The molecule has 1 aromatic rings. The van der Waals surface area contributed by atoms with E-state index in [-0.39, 0.29) is 11.7 Å². The van der Waals surface area contributed by atoms with Crippen LogP contribution in [-0.4, -0.2) is 43.2 Å². The van der Waals surface area contributed by atoms with Crippen LogP contribution < -0.4 is 5.32 Å². The lowest BCUT2D eigenvalue weighted by Crippen LogP contribution is -2.45. The van der Waals surface area contributed by atoms with E-state index in [4.69, 9.17) is 4.74 Å². The van der Waals surface area contributed by atoms with E-state index in [9.17, 15) is 9.18 Å². The van der Waals surface area contributed by atoms with Crippen LogP contribution in [0.4, 0.5) is 4.39 Å². The van der Waals surface area contributed by atoms with Crippen molar-refractivity contribution in [1.82, 2.24) is 10.2 Å². The fourth-order valence-corrected chi connectivity index (χ4v) is 2.83. The molecule has 1 aromatic carbocycles. The van der Waals surface area contributed by atoms with Crippen molar-refractivity contribution in [3.8, 4) is 0 Å². The van der Waals surface area contributed by atoms with Crippen molar-refractivity contribution >= 4 is 5.91 Å². The van der Waals surface area contributed by atoms with Crippen LogP contribution in [0.2, 0.25) is 0 Å². The number of likely N-dealkylation sites (tertiary alicyclic amines) is 1. The molecule has 0 bridgehead atoms. The molecular weight excluding hydrogens is 295 g/mol. The molecule has 0 aromatic heterocycles. The summed E-state index contributed by atoms with van der Waals surface area (Å²) in [7, 11) is 1.54. The second-order valence-corrected chi connectivity index (χ2v) is 6.90. The van der Waals surface area contributed by atoms with Gasteiger partial charge in [0.25, 0.3) is 5.91 Å². The highest BCUT2D eigenvalue weighted by Gasteiger charge is 2.29. The first-order chi connectivity index (χ1) is 10.8. The van der Waals surface area contributed by atoms with Gasteiger partial charge >= 0.3 is 0 Å². The topological polar surface area (TPSA) is 41.6 Å². The maximum absolute atomic E-state index is 13.3. The summed E-state index contributed by atoms with van der Waals surface area (Å²) in [5, 5.41) is 2.98. The van der Waals surface area contributed by atoms with Crippen LogP contribution in [-0.2, 0) is 16.1 Å². The van der Waals surface area contributed by atoms with Crippen molar-refractivity contribution in [2.24, 2.45) is 5.92 Å². The van der Waals surface area contributed by atoms with Crippen LogP contribution in [0, 0.1) is 18.7 Å². The van der Waals surface area contributed by atoms with Crippen LogP contribution in [0.15, 0.2) is 18.2 Å². The molecule has 1 atom stereocenters. The number of carbonyl (C=O) groups excluding carboxylic acids is 1. The molecule has 0 radical (unpaired) electrons. The smallest absolute Gasteiger partial charge is 0.251 e. The van der Waals surface area contributed by atoms with Gasteiger partial charge in [0.1, 0.15) is 11.4 Å². The summed E-state index contributed by atoms with van der Waals surface area (Å²) in [5.74, 6) is 0.220. The molecule has 1 fully saturated rings. The Morgan fingerprint density at radius 3 is 2.87 bits per heavy atom. The molecule has 1 N–H and O–H groups in total. The Morgan fingerprint density at radius 2 is 2.22 bits per heavy atom. The SMILES string of the molecule is COC(C)(C)C(=O)NCC1CCN(Cc2ccc(F)c(C)c2)C1. The number of hydrogen-bond donors (Lipinski definition) is 1. The molecule has 0 spiro atoms. The third kappa shape index (κ3) is 4.75. The predicted molar refractivity (Wildman–Crippen MR) is 88.6 cm³/mol. The molecule has 23 heavy (non-hydrogen) atoms. The van der Waals surface area contributed by atoms with Crippen molar-refractivity contribution in [3.05, 3.63) is 35.1 Å². The lowest BCUT2D eigenvalue weighted by molar-refractivity contribution is -0.139. The van der Waals surface area contributed by atoms with Crippen molar-refractivity contribution < 1.29 is 13.9 Å². The second-order valence-electron chi connectivity index (χ2n) is 6.90.